The van der Waals surface area contributed by atoms with Crippen molar-refractivity contribution in [1.29, 1.82) is 0 Å². The molecule has 164 valence electrons. The van der Waals surface area contributed by atoms with E-state index in [-0.39, 0.29) is 16.9 Å². The second kappa shape index (κ2) is 7.58. The van der Waals surface area contributed by atoms with Crippen LogP contribution in [0.4, 0.5) is 5.69 Å². The number of rotatable bonds is 5. The van der Waals surface area contributed by atoms with Crippen molar-refractivity contribution >= 4 is 22.4 Å². The molecule has 1 amide bonds. The van der Waals surface area contributed by atoms with Crippen LogP contribution in [-0.2, 0) is 11.3 Å². The summed E-state index contributed by atoms with van der Waals surface area (Å²) in [7, 11) is 0. The summed E-state index contributed by atoms with van der Waals surface area (Å²) < 4.78 is 1.71. The minimum Gasteiger partial charge on any atom is -0.325 e. The van der Waals surface area contributed by atoms with Gasteiger partial charge in [-0.25, -0.2) is 0 Å². The topological polar surface area (TPSA) is 64.0 Å². The number of nitrogens with one attached hydrogen (secondary N) is 1. The zero-order chi connectivity index (χ0) is 21.7. The lowest BCUT2D eigenvalue weighted by atomic mass is 9.49. The van der Waals surface area contributed by atoms with Gasteiger partial charge in [0.25, 0.3) is 5.56 Å². The summed E-state index contributed by atoms with van der Waals surface area (Å²) in [6.07, 6.45) is 13.7. The lowest BCUT2D eigenvalue weighted by Crippen LogP contribution is -2.47. The largest absolute Gasteiger partial charge is 0.325 e. The Kier molecular flexibility index (Phi) is 4.67. The fourth-order valence-corrected chi connectivity index (χ4v) is 7.28. The van der Waals surface area contributed by atoms with Gasteiger partial charge in [-0.15, -0.1) is 0 Å². The normalized spacial score (nSPS) is 28.2. The molecule has 5 nitrogen and oxygen atoms in total. The van der Waals surface area contributed by atoms with Gasteiger partial charge in [-0.05, 0) is 97.6 Å². The maximum Gasteiger partial charge on any atom is 0.258 e. The number of carbonyl (C=O) groups is 1. The minimum absolute atomic E-state index is 0.0449. The highest BCUT2D eigenvalue weighted by atomic mass is 16.1. The van der Waals surface area contributed by atoms with Gasteiger partial charge in [0.1, 0.15) is 0 Å². The monoisotopic (exact) mass is 427 g/mol. The summed E-state index contributed by atoms with van der Waals surface area (Å²) in [6.45, 7) is 0.500. The first kappa shape index (κ1) is 19.7. The van der Waals surface area contributed by atoms with Crippen LogP contribution < -0.4 is 10.9 Å². The van der Waals surface area contributed by atoms with Crippen molar-refractivity contribution in [1.82, 2.24) is 9.55 Å². The van der Waals surface area contributed by atoms with E-state index in [4.69, 9.17) is 0 Å². The molecule has 0 radical (unpaired) electrons. The Morgan fingerprint density at radius 2 is 1.66 bits per heavy atom. The Hall–Kier alpha value is -2.95. The van der Waals surface area contributed by atoms with Gasteiger partial charge in [0.2, 0.25) is 5.91 Å². The van der Waals surface area contributed by atoms with E-state index in [0.717, 1.165) is 34.4 Å². The number of benzene rings is 1. The molecule has 1 aromatic carbocycles. The summed E-state index contributed by atoms with van der Waals surface area (Å²) in [5.74, 6) is 2.61. The first-order valence-electron chi connectivity index (χ1n) is 11.9. The second-order valence-corrected chi connectivity index (χ2v) is 10.5. The van der Waals surface area contributed by atoms with Crippen molar-refractivity contribution in [3.63, 3.8) is 0 Å². The van der Waals surface area contributed by atoms with E-state index in [2.05, 4.69) is 10.3 Å². The predicted molar refractivity (Wildman–Crippen MR) is 125 cm³/mol. The van der Waals surface area contributed by atoms with Crippen LogP contribution in [-0.4, -0.2) is 15.5 Å². The molecule has 4 bridgehead atoms. The molecule has 3 aromatic rings. The quantitative estimate of drug-likeness (QED) is 0.624. The molecule has 1 N–H and O–H groups in total. The molecule has 2 aromatic heterocycles. The lowest BCUT2D eigenvalue weighted by Gasteiger charge is -2.56. The summed E-state index contributed by atoms with van der Waals surface area (Å²) in [4.78, 5) is 30.3. The fraction of sp³-hybridized carbons (Fsp3) is 0.444. The van der Waals surface area contributed by atoms with Gasteiger partial charge in [-0.3, -0.25) is 14.6 Å². The van der Waals surface area contributed by atoms with Crippen LogP contribution in [0.15, 0.2) is 59.8 Å². The van der Waals surface area contributed by atoms with Crippen molar-refractivity contribution in [2.75, 3.05) is 5.32 Å². The molecule has 0 aliphatic heterocycles. The molecule has 4 aliphatic carbocycles. The standard InChI is InChI=1S/C27H29N3O2/c31-25(16-27-13-19-10-20(14-27)12-21(11-19)15-27)29-24-3-1-2-23-22(24)6-9-30(26(23)32)17-18-4-7-28-8-5-18/h1-9,19-21H,10-17H2,(H,29,31). The number of aromatic nitrogens is 2. The SMILES string of the molecule is O=C(CC12CC3CC(CC(C3)C1)C2)Nc1cccc2c(=O)n(Cc3ccncc3)ccc12. The van der Waals surface area contributed by atoms with Gasteiger partial charge in [-0.2, -0.15) is 0 Å². The zero-order valence-electron chi connectivity index (χ0n) is 18.3. The van der Waals surface area contributed by atoms with Gasteiger partial charge in [-0.1, -0.05) is 6.07 Å². The van der Waals surface area contributed by atoms with Crippen molar-refractivity contribution < 1.29 is 4.79 Å². The zero-order valence-corrected chi connectivity index (χ0v) is 18.3. The van der Waals surface area contributed by atoms with Crippen LogP contribution >= 0.6 is 0 Å². The third-order valence-electron chi connectivity index (χ3n) is 8.10. The van der Waals surface area contributed by atoms with Crippen LogP contribution in [0.1, 0.15) is 50.5 Å². The highest BCUT2D eigenvalue weighted by Gasteiger charge is 2.51. The average Bonchev–Trinajstić information content (AvgIpc) is 2.75. The summed E-state index contributed by atoms with van der Waals surface area (Å²) in [5.41, 5.74) is 1.93. The number of carbonyl (C=O) groups excluding carboxylic acids is 1. The van der Waals surface area contributed by atoms with Gasteiger partial charge >= 0.3 is 0 Å². The van der Waals surface area contributed by atoms with Crippen LogP contribution in [0.25, 0.3) is 10.8 Å². The van der Waals surface area contributed by atoms with Gasteiger partial charge < -0.3 is 9.88 Å². The van der Waals surface area contributed by atoms with Crippen LogP contribution in [0, 0.1) is 23.2 Å². The first-order valence-corrected chi connectivity index (χ1v) is 11.9. The number of amides is 1. The maximum atomic E-state index is 13.1. The summed E-state index contributed by atoms with van der Waals surface area (Å²) >= 11 is 0. The average molecular weight is 428 g/mol. The van der Waals surface area contributed by atoms with Crippen molar-refractivity contribution in [2.24, 2.45) is 23.2 Å². The van der Waals surface area contributed by atoms with E-state index in [1.165, 1.54) is 38.5 Å². The minimum atomic E-state index is -0.0449. The molecule has 0 spiro atoms. The number of fused-ring (bicyclic) bond motifs is 1. The number of hydrogen-bond acceptors (Lipinski definition) is 3. The maximum absolute atomic E-state index is 13.1. The molecule has 2 heterocycles. The summed E-state index contributed by atoms with van der Waals surface area (Å²) in [6, 6.07) is 11.4. The molecule has 5 heteroatoms. The van der Waals surface area contributed by atoms with E-state index in [1.54, 1.807) is 17.0 Å². The lowest BCUT2D eigenvalue weighted by molar-refractivity contribution is -0.124. The van der Waals surface area contributed by atoms with E-state index in [0.29, 0.717) is 18.4 Å². The van der Waals surface area contributed by atoms with E-state index in [9.17, 15) is 9.59 Å². The Bertz CT molecular complexity index is 1200. The van der Waals surface area contributed by atoms with Crippen molar-refractivity contribution in [3.05, 3.63) is 70.9 Å². The molecule has 32 heavy (non-hydrogen) atoms. The highest BCUT2D eigenvalue weighted by molar-refractivity contribution is 6.02. The number of nitrogens with zero attached hydrogens (tertiary/aromatic N) is 2. The Morgan fingerprint density at radius 3 is 2.34 bits per heavy atom. The molecule has 0 unspecified atom stereocenters. The highest BCUT2D eigenvalue weighted by Crippen LogP contribution is 2.61. The second-order valence-electron chi connectivity index (χ2n) is 10.5. The predicted octanol–water partition coefficient (Wildman–Crippen LogP) is 4.99. The molecule has 4 fully saturated rings. The van der Waals surface area contributed by atoms with E-state index >= 15 is 0 Å². The van der Waals surface area contributed by atoms with Crippen molar-refractivity contribution in [2.45, 2.75) is 51.5 Å². The molecular weight excluding hydrogens is 398 g/mol. The number of pyridine rings is 2. The van der Waals surface area contributed by atoms with E-state index in [1.807, 2.05) is 42.6 Å². The smallest absolute Gasteiger partial charge is 0.258 e. The molecule has 4 aliphatic rings. The van der Waals surface area contributed by atoms with E-state index < -0.39 is 0 Å². The third kappa shape index (κ3) is 3.54. The van der Waals surface area contributed by atoms with Crippen LogP contribution in [0.2, 0.25) is 0 Å². The molecular formula is C27H29N3O2. The summed E-state index contributed by atoms with van der Waals surface area (Å²) in [5, 5.41) is 4.60. The Morgan fingerprint density at radius 1 is 0.969 bits per heavy atom. The Labute approximate surface area is 187 Å². The number of hydrogen-bond donors (Lipinski definition) is 1. The van der Waals surface area contributed by atoms with Crippen LogP contribution in [0.5, 0.6) is 0 Å². The fourth-order valence-electron chi connectivity index (χ4n) is 7.28. The molecule has 0 atom stereocenters. The first-order chi connectivity index (χ1) is 15.6. The third-order valence-corrected chi connectivity index (χ3v) is 8.10. The van der Waals surface area contributed by atoms with Gasteiger partial charge in [0.15, 0.2) is 0 Å². The van der Waals surface area contributed by atoms with Gasteiger partial charge in [0, 0.05) is 41.5 Å². The molecule has 7 rings (SSSR count). The van der Waals surface area contributed by atoms with Crippen molar-refractivity contribution in [3.8, 4) is 0 Å². The van der Waals surface area contributed by atoms with Crippen LogP contribution in [0.3, 0.4) is 0 Å². The Balaban J connectivity index is 1.23. The molecule has 0 saturated heterocycles. The van der Waals surface area contributed by atoms with Gasteiger partial charge in [0.05, 0.1) is 6.54 Å². The molecule has 4 saturated carbocycles. The number of anilines is 1.